The van der Waals surface area contributed by atoms with Crippen molar-refractivity contribution in [3.8, 4) is 0 Å². The van der Waals surface area contributed by atoms with E-state index in [9.17, 15) is 9.59 Å². The molecule has 92 valence electrons. The van der Waals surface area contributed by atoms with Crippen LogP contribution in [0.1, 0.15) is 18.9 Å². The van der Waals surface area contributed by atoms with Crippen molar-refractivity contribution in [2.45, 2.75) is 20.0 Å². The van der Waals surface area contributed by atoms with Crippen molar-refractivity contribution < 1.29 is 19.4 Å². The molecule has 0 saturated heterocycles. The normalized spacial score (nSPS) is 12.1. The first kappa shape index (κ1) is 13.4. The highest BCUT2D eigenvalue weighted by Gasteiger charge is 2.23. The molecule has 0 fully saturated rings. The molecule has 0 amide bonds. The van der Waals surface area contributed by atoms with Gasteiger partial charge in [-0.05, 0) is 12.0 Å². The maximum absolute atomic E-state index is 11.5. The van der Waals surface area contributed by atoms with Gasteiger partial charge in [-0.15, -0.1) is 0 Å². The first-order chi connectivity index (χ1) is 8.15. The van der Waals surface area contributed by atoms with Gasteiger partial charge in [-0.2, -0.15) is 0 Å². The number of carbonyl (C=O) groups excluding carboxylic acids is 1. The Bertz CT molecular complexity index is 372. The van der Waals surface area contributed by atoms with E-state index < -0.39 is 11.9 Å². The number of Topliss-reactive ketones (excluding diaryl/α,β-unsaturated/α-hetero) is 1. The minimum Gasteiger partial charge on any atom is -0.481 e. The zero-order valence-corrected chi connectivity index (χ0v) is 9.76. The lowest BCUT2D eigenvalue weighted by Crippen LogP contribution is -2.26. The minimum atomic E-state index is -1.08. The molecule has 17 heavy (non-hydrogen) atoms. The summed E-state index contributed by atoms with van der Waals surface area (Å²) in [6.07, 6.45) is 0.295. The maximum Gasteiger partial charge on any atom is 0.314 e. The van der Waals surface area contributed by atoms with Gasteiger partial charge in [-0.1, -0.05) is 37.3 Å². The first-order valence-electron chi connectivity index (χ1n) is 5.52. The Morgan fingerprint density at radius 2 is 1.94 bits per heavy atom. The van der Waals surface area contributed by atoms with Gasteiger partial charge in [0, 0.05) is 0 Å². The van der Waals surface area contributed by atoms with Crippen LogP contribution in [0.2, 0.25) is 0 Å². The molecule has 1 rings (SSSR count). The van der Waals surface area contributed by atoms with Crippen LogP contribution in [-0.4, -0.2) is 23.5 Å². The molecular formula is C13H16O4. The van der Waals surface area contributed by atoms with Crippen LogP contribution in [0.4, 0.5) is 0 Å². The van der Waals surface area contributed by atoms with Gasteiger partial charge in [0.05, 0.1) is 6.61 Å². The van der Waals surface area contributed by atoms with E-state index in [2.05, 4.69) is 0 Å². The Labute approximate surface area is 100 Å². The summed E-state index contributed by atoms with van der Waals surface area (Å²) in [5, 5.41) is 8.78. The molecule has 1 aromatic carbocycles. The van der Waals surface area contributed by atoms with Crippen molar-refractivity contribution in [2.24, 2.45) is 5.92 Å². The largest absolute Gasteiger partial charge is 0.481 e. The predicted octanol–water partition coefficient (Wildman–Crippen LogP) is 1.88. The predicted molar refractivity (Wildman–Crippen MR) is 62.5 cm³/mol. The zero-order chi connectivity index (χ0) is 12.7. The van der Waals surface area contributed by atoms with Crippen molar-refractivity contribution in [3.63, 3.8) is 0 Å². The van der Waals surface area contributed by atoms with E-state index in [1.807, 2.05) is 30.3 Å². The SMILES string of the molecule is CCC(C(=O)O)C(=O)COCc1ccccc1. The highest BCUT2D eigenvalue weighted by Crippen LogP contribution is 2.06. The lowest BCUT2D eigenvalue weighted by molar-refractivity contribution is -0.148. The zero-order valence-electron chi connectivity index (χ0n) is 9.76. The lowest BCUT2D eigenvalue weighted by Gasteiger charge is -2.09. The van der Waals surface area contributed by atoms with Crippen molar-refractivity contribution in [3.05, 3.63) is 35.9 Å². The second kappa shape index (κ2) is 6.81. The quantitative estimate of drug-likeness (QED) is 0.734. The average Bonchev–Trinajstić information content (AvgIpc) is 2.30. The molecule has 1 atom stereocenters. The summed E-state index contributed by atoms with van der Waals surface area (Å²) in [7, 11) is 0. The number of benzene rings is 1. The van der Waals surface area contributed by atoms with E-state index >= 15 is 0 Å². The molecule has 1 N–H and O–H groups in total. The van der Waals surface area contributed by atoms with E-state index in [0.717, 1.165) is 5.56 Å². The monoisotopic (exact) mass is 236 g/mol. The van der Waals surface area contributed by atoms with Crippen LogP contribution in [0.3, 0.4) is 0 Å². The van der Waals surface area contributed by atoms with Gasteiger partial charge >= 0.3 is 5.97 Å². The number of ether oxygens (including phenoxy) is 1. The third-order valence-corrected chi connectivity index (χ3v) is 2.45. The van der Waals surface area contributed by atoms with Crippen molar-refractivity contribution in [1.29, 1.82) is 0 Å². The lowest BCUT2D eigenvalue weighted by atomic mass is 10.0. The van der Waals surface area contributed by atoms with Gasteiger partial charge in [-0.3, -0.25) is 9.59 Å². The van der Waals surface area contributed by atoms with Crippen LogP contribution in [0, 0.1) is 5.92 Å². The van der Waals surface area contributed by atoms with Gasteiger partial charge < -0.3 is 9.84 Å². The summed E-state index contributed by atoms with van der Waals surface area (Å²) >= 11 is 0. The molecule has 0 aromatic heterocycles. The summed E-state index contributed by atoms with van der Waals surface area (Å²) in [5.41, 5.74) is 0.962. The van der Waals surface area contributed by atoms with E-state index in [-0.39, 0.29) is 12.4 Å². The number of ketones is 1. The van der Waals surface area contributed by atoms with E-state index in [1.54, 1.807) is 6.92 Å². The van der Waals surface area contributed by atoms with Crippen molar-refractivity contribution in [1.82, 2.24) is 0 Å². The molecule has 0 saturated carbocycles. The van der Waals surface area contributed by atoms with Crippen LogP contribution in [0.25, 0.3) is 0 Å². The number of hydrogen-bond donors (Lipinski definition) is 1. The van der Waals surface area contributed by atoms with Gasteiger partial charge in [0.1, 0.15) is 12.5 Å². The fraction of sp³-hybridized carbons (Fsp3) is 0.385. The van der Waals surface area contributed by atoms with E-state index in [4.69, 9.17) is 9.84 Å². The molecule has 0 heterocycles. The molecule has 0 spiro atoms. The number of rotatable bonds is 7. The second-order valence-electron chi connectivity index (χ2n) is 3.74. The molecule has 0 aliphatic carbocycles. The fourth-order valence-electron chi connectivity index (χ4n) is 1.48. The standard InChI is InChI=1S/C13H16O4/c1-2-11(13(15)16)12(14)9-17-8-10-6-4-3-5-7-10/h3-7,11H,2,8-9H2,1H3,(H,15,16). The van der Waals surface area contributed by atoms with Crippen molar-refractivity contribution >= 4 is 11.8 Å². The summed E-state index contributed by atoms with van der Waals surface area (Å²) in [4.78, 5) is 22.2. The van der Waals surface area contributed by atoms with Crippen LogP contribution >= 0.6 is 0 Å². The van der Waals surface area contributed by atoms with E-state index in [1.165, 1.54) is 0 Å². The molecule has 0 radical (unpaired) electrons. The van der Waals surface area contributed by atoms with Gasteiger partial charge in [0.15, 0.2) is 5.78 Å². The third kappa shape index (κ3) is 4.36. The summed E-state index contributed by atoms with van der Waals surface area (Å²) in [6, 6.07) is 9.43. The van der Waals surface area contributed by atoms with Crippen molar-refractivity contribution in [2.75, 3.05) is 6.61 Å². The molecular weight excluding hydrogens is 220 g/mol. The third-order valence-electron chi connectivity index (χ3n) is 2.45. The molecule has 0 aliphatic heterocycles. The molecule has 4 heteroatoms. The Morgan fingerprint density at radius 1 is 1.29 bits per heavy atom. The van der Waals surface area contributed by atoms with Gasteiger partial charge in [0.2, 0.25) is 0 Å². The molecule has 0 bridgehead atoms. The highest BCUT2D eigenvalue weighted by atomic mass is 16.5. The number of hydrogen-bond acceptors (Lipinski definition) is 3. The van der Waals surface area contributed by atoms with Crippen LogP contribution in [-0.2, 0) is 20.9 Å². The molecule has 1 unspecified atom stereocenters. The Kier molecular flexibility index (Phi) is 5.36. The average molecular weight is 236 g/mol. The summed E-state index contributed by atoms with van der Waals surface area (Å²) in [6.45, 7) is 1.84. The molecule has 1 aromatic rings. The van der Waals surface area contributed by atoms with Crippen LogP contribution < -0.4 is 0 Å². The Morgan fingerprint density at radius 3 is 2.47 bits per heavy atom. The van der Waals surface area contributed by atoms with Gasteiger partial charge in [-0.25, -0.2) is 0 Å². The second-order valence-corrected chi connectivity index (χ2v) is 3.74. The Hall–Kier alpha value is -1.68. The fourth-order valence-corrected chi connectivity index (χ4v) is 1.48. The minimum absolute atomic E-state index is 0.153. The van der Waals surface area contributed by atoms with Crippen LogP contribution in [0.5, 0.6) is 0 Å². The number of aliphatic carboxylic acids is 1. The van der Waals surface area contributed by atoms with E-state index in [0.29, 0.717) is 13.0 Å². The first-order valence-corrected chi connectivity index (χ1v) is 5.52. The number of carboxylic acid groups (broad SMARTS) is 1. The maximum atomic E-state index is 11.5. The Balaban J connectivity index is 2.36. The molecule has 0 aliphatic rings. The molecule has 4 nitrogen and oxygen atoms in total. The van der Waals surface area contributed by atoms with Crippen LogP contribution in [0.15, 0.2) is 30.3 Å². The summed E-state index contributed by atoms with van der Waals surface area (Å²) < 4.78 is 5.20. The number of carbonyl (C=O) groups is 2. The smallest absolute Gasteiger partial charge is 0.314 e. The number of carboxylic acids is 1. The topological polar surface area (TPSA) is 63.6 Å². The highest BCUT2D eigenvalue weighted by molar-refractivity contribution is 5.98. The van der Waals surface area contributed by atoms with Gasteiger partial charge in [0.25, 0.3) is 0 Å². The summed E-state index contributed by atoms with van der Waals surface area (Å²) in [5.74, 6) is -2.41.